The van der Waals surface area contributed by atoms with Crippen LogP contribution in [-0.4, -0.2) is 37.4 Å². The minimum absolute atomic E-state index is 0.263. The van der Waals surface area contributed by atoms with Crippen LogP contribution in [0.4, 0.5) is 0 Å². The molecule has 2 atom stereocenters. The average Bonchev–Trinajstić information content (AvgIpc) is 2.62. The van der Waals surface area contributed by atoms with E-state index in [0.717, 1.165) is 10.0 Å². The largest absolute Gasteiger partial charge is 0.491 e. The quantitative estimate of drug-likeness (QED) is 0.658. The van der Waals surface area contributed by atoms with E-state index < -0.39 is 12.1 Å². The molecule has 0 aliphatic carbocycles. The van der Waals surface area contributed by atoms with Gasteiger partial charge in [0.2, 0.25) is 0 Å². The number of rotatable bonds is 8. The fourth-order valence-corrected chi connectivity index (χ4v) is 2.55. The van der Waals surface area contributed by atoms with Gasteiger partial charge in [0, 0.05) is 17.1 Å². The molecule has 5 nitrogen and oxygen atoms in total. The molecule has 2 aromatic rings. The van der Waals surface area contributed by atoms with Crippen LogP contribution in [0.15, 0.2) is 53.0 Å². The van der Waals surface area contributed by atoms with Gasteiger partial charge in [-0.2, -0.15) is 0 Å². The maximum atomic E-state index is 12.4. The van der Waals surface area contributed by atoms with Crippen molar-refractivity contribution in [3.05, 3.63) is 64.1 Å². The van der Waals surface area contributed by atoms with Crippen molar-refractivity contribution < 1.29 is 19.4 Å². The topological polar surface area (TPSA) is 67.8 Å². The molecule has 0 aliphatic rings. The normalized spacial score (nSPS) is 13.1. The summed E-state index contributed by atoms with van der Waals surface area (Å²) in [5, 5.41) is 13.2. The Kier molecular flexibility index (Phi) is 7.43. The van der Waals surface area contributed by atoms with Crippen LogP contribution in [-0.2, 0) is 4.74 Å². The number of nitrogens with one attached hydrogen (secondary N) is 1. The Hall–Kier alpha value is -1.89. The molecule has 0 fully saturated rings. The number of methoxy groups -OCH3 is 1. The highest BCUT2D eigenvalue weighted by Crippen LogP contribution is 2.20. The van der Waals surface area contributed by atoms with E-state index in [1.54, 1.807) is 38.3 Å². The zero-order valence-corrected chi connectivity index (χ0v) is 15.8. The van der Waals surface area contributed by atoms with Crippen LogP contribution >= 0.6 is 15.9 Å². The second kappa shape index (κ2) is 9.56. The SMILES string of the molecule is COCCOc1cccc(C(=O)NC(C)C(O)c2ccc(Br)cc2)c1. The summed E-state index contributed by atoms with van der Waals surface area (Å²) < 4.78 is 11.4. The Morgan fingerprint density at radius 2 is 1.92 bits per heavy atom. The van der Waals surface area contributed by atoms with Gasteiger partial charge in [-0.3, -0.25) is 4.79 Å². The highest BCUT2D eigenvalue weighted by molar-refractivity contribution is 9.10. The predicted molar refractivity (Wildman–Crippen MR) is 99.8 cm³/mol. The highest BCUT2D eigenvalue weighted by Gasteiger charge is 2.19. The minimum atomic E-state index is -0.793. The molecule has 2 rings (SSSR count). The first-order chi connectivity index (χ1) is 12.0. The summed E-state index contributed by atoms with van der Waals surface area (Å²) in [7, 11) is 1.60. The van der Waals surface area contributed by atoms with Crippen molar-refractivity contribution in [2.45, 2.75) is 19.1 Å². The summed E-state index contributed by atoms with van der Waals surface area (Å²) >= 11 is 3.36. The molecule has 6 heteroatoms. The Morgan fingerprint density at radius 1 is 1.20 bits per heavy atom. The summed E-state index contributed by atoms with van der Waals surface area (Å²) in [6.45, 7) is 2.66. The van der Waals surface area contributed by atoms with Crippen LogP contribution in [0.1, 0.15) is 28.9 Å². The molecule has 1 amide bonds. The molecule has 2 aromatic carbocycles. The molecule has 2 unspecified atom stereocenters. The number of halogens is 1. The Labute approximate surface area is 156 Å². The lowest BCUT2D eigenvalue weighted by molar-refractivity contribution is 0.0851. The Bertz CT molecular complexity index is 690. The van der Waals surface area contributed by atoms with Crippen molar-refractivity contribution >= 4 is 21.8 Å². The van der Waals surface area contributed by atoms with Crippen LogP contribution in [0.5, 0.6) is 5.75 Å². The molecular formula is C19H22BrNO4. The van der Waals surface area contributed by atoms with Crippen molar-refractivity contribution in [3.63, 3.8) is 0 Å². The first-order valence-electron chi connectivity index (χ1n) is 7.97. The first-order valence-corrected chi connectivity index (χ1v) is 8.76. The van der Waals surface area contributed by atoms with Crippen molar-refractivity contribution in [1.82, 2.24) is 5.32 Å². The average molecular weight is 408 g/mol. The van der Waals surface area contributed by atoms with Crippen LogP contribution < -0.4 is 10.1 Å². The van der Waals surface area contributed by atoms with Gasteiger partial charge >= 0.3 is 0 Å². The van der Waals surface area contributed by atoms with Gasteiger partial charge in [-0.1, -0.05) is 34.1 Å². The van der Waals surface area contributed by atoms with Gasteiger partial charge in [0.05, 0.1) is 18.8 Å². The maximum Gasteiger partial charge on any atom is 0.251 e. The number of aliphatic hydroxyl groups excluding tert-OH is 1. The molecule has 0 spiro atoms. The zero-order chi connectivity index (χ0) is 18.2. The summed E-state index contributed by atoms with van der Waals surface area (Å²) in [5.41, 5.74) is 1.22. The van der Waals surface area contributed by atoms with Gasteiger partial charge in [0.25, 0.3) is 5.91 Å². The third kappa shape index (κ3) is 5.85. The molecule has 0 aromatic heterocycles. The number of ether oxygens (including phenoxy) is 2. The number of carbonyl (C=O) groups is 1. The van der Waals surface area contributed by atoms with E-state index in [4.69, 9.17) is 9.47 Å². The van der Waals surface area contributed by atoms with Crippen LogP contribution in [0.2, 0.25) is 0 Å². The summed E-state index contributed by atoms with van der Waals surface area (Å²) in [6, 6.07) is 13.8. The Morgan fingerprint density at radius 3 is 2.60 bits per heavy atom. The lowest BCUT2D eigenvalue weighted by Gasteiger charge is -2.21. The van der Waals surface area contributed by atoms with Crippen LogP contribution in [0.25, 0.3) is 0 Å². The molecule has 0 saturated heterocycles. The van der Waals surface area contributed by atoms with E-state index in [9.17, 15) is 9.90 Å². The minimum Gasteiger partial charge on any atom is -0.491 e. The monoisotopic (exact) mass is 407 g/mol. The second-order valence-electron chi connectivity index (χ2n) is 5.63. The number of carbonyl (C=O) groups excluding carboxylic acids is 1. The molecular weight excluding hydrogens is 386 g/mol. The molecule has 0 saturated carbocycles. The molecule has 0 heterocycles. The van der Waals surface area contributed by atoms with Crippen molar-refractivity contribution in [2.24, 2.45) is 0 Å². The lowest BCUT2D eigenvalue weighted by Crippen LogP contribution is -2.37. The van der Waals surface area contributed by atoms with Gasteiger partial charge in [-0.15, -0.1) is 0 Å². The van der Waals surface area contributed by atoms with E-state index in [-0.39, 0.29) is 5.91 Å². The van der Waals surface area contributed by atoms with Crippen molar-refractivity contribution in [1.29, 1.82) is 0 Å². The first kappa shape index (κ1) is 19.4. The number of hydrogen-bond donors (Lipinski definition) is 2. The van der Waals surface area contributed by atoms with Crippen molar-refractivity contribution in [3.8, 4) is 5.75 Å². The molecule has 0 radical (unpaired) electrons. The number of amides is 1. The summed E-state index contributed by atoms with van der Waals surface area (Å²) in [4.78, 5) is 12.4. The third-order valence-electron chi connectivity index (χ3n) is 3.70. The molecule has 134 valence electrons. The van der Waals surface area contributed by atoms with Gasteiger partial charge < -0.3 is 19.9 Å². The number of hydrogen-bond acceptors (Lipinski definition) is 4. The molecule has 25 heavy (non-hydrogen) atoms. The van der Waals surface area contributed by atoms with Gasteiger partial charge in [0.1, 0.15) is 12.4 Å². The van der Waals surface area contributed by atoms with Crippen LogP contribution in [0.3, 0.4) is 0 Å². The highest BCUT2D eigenvalue weighted by atomic mass is 79.9. The number of benzene rings is 2. The molecule has 2 N–H and O–H groups in total. The smallest absolute Gasteiger partial charge is 0.251 e. The van der Waals surface area contributed by atoms with Crippen LogP contribution in [0, 0.1) is 0 Å². The van der Waals surface area contributed by atoms with E-state index in [0.29, 0.717) is 24.5 Å². The maximum absolute atomic E-state index is 12.4. The standard InChI is InChI=1S/C19H22BrNO4/c1-13(18(22)14-6-8-16(20)9-7-14)21-19(23)15-4-3-5-17(12-15)25-11-10-24-2/h3-9,12-13,18,22H,10-11H2,1-2H3,(H,21,23). The van der Waals surface area contributed by atoms with Gasteiger partial charge in [0.15, 0.2) is 0 Å². The van der Waals surface area contributed by atoms with E-state index in [1.807, 2.05) is 24.3 Å². The van der Waals surface area contributed by atoms with E-state index in [2.05, 4.69) is 21.2 Å². The van der Waals surface area contributed by atoms with E-state index >= 15 is 0 Å². The zero-order valence-electron chi connectivity index (χ0n) is 14.2. The Balaban J connectivity index is 1.98. The number of aliphatic hydroxyl groups is 1. The van der Waals surface area contributed by atoms with Gasteiger partial charge in [-0.25, -0.2) is 0 Å². The molecule has 0 aliphatic heterocycles. The lowest BCUT2D eigenvalue weighted by atomic mass is 10.0. The fraction of sp³-hybridized carbons (Fsp3) is 0.316. The third-order valence-corrected chi connectivity index (χ3v) is 4.22. The van der Waals surface area contributed by atoms with Crippen molar-refractivity contribution in [2.75, 3.05) is 20.3 Å². The van der Waals surface area contributed by atoms with E-state index in [1.165, 1.54) is 0 Å². The summed E-state index contributed by atoms with van der Waals surface area (Å²) in [5.74, 6) is 0.340. The molecule has 0 bridgehead atoms. The van der Waals surface area contributed by atoms with Gasteiger partial charge in [-0.05, 0) is 42.8 Å². The fourth-order valence-electron chi connectivity index (χ4n) is 2.29. The summed E-state index contributed by atoms with van der Waals surface area (Å²) in [6.07, 6.45) is -0.793. The second-order valence-corrected chi connectivity index (χ2v) is 6.54. The predicted octanol–water partition coefficient (Wildman–Crippen LogP) is 3.33.